The Morgan fingerprint density at radius 1 is 1.29 bits per heavy atom. The smallest absolute Gasteiger partial charge is 0.291 e. The Hall–Kier alpha value is -2.12. The zero-order valence-corrected chi connectivity index (χ0v) is 14.9. The molecule has 7 nitrogen and oxygen atoms in total. The third kappa shape index (κ3) is 7.94. The molecule has 0 aliphatic rings. The standard InChI is InChI=1S/C17H27N3O4/c1-5-23-11-12-24-17(18-9-10-20(2)3)19-16(21)14-7-6-8-15(13-14)22-4/h6-8,13H,5,9-12H2,1-4H3,(H,18,19,21). The van der Waals surface area contributed by atoms with Crippen molar-refractivity contribution in [3.8, 4) is 5.75 Å². The molecule has 7 heteroatoms. The number of ether oxygens (including phenoxy) is 3. The molecule has 0 atom stereocenters. The van der Waals surface area contributed by atoms with Gasteiger partial charge in [0.05, 0.1) is 20.3 Å². The Kier molecular flexibility index (Phi) is 9.48. The minimum absolute atomic E-state index is 0.198. The van der Waals surface area contributed by atoms with Crippen LogP contribution in [0.3, 0.4) is 0 Å². The zero-order valence-electron chi connectivity index (χ0n) is 14.9. The highest BCUT2D eigenvalue weighted by Crippen LogP contribution is 2.12. The van der Waals surface area contributed by atoms with Gasteiger partial charge < -0.3 is 19.1 Å². The van der Waals surface area contributed by atoms with Gasteiger partial charge in [0.2, 0.25) is 0 Å². The number of hydrogen-bond acceptors (Lipinski definition) is 6. The summed E-state index contributed by atoms with van der Waals surface area (Å²) in [6.07, 6.45) is 0. The first-order chi connectivity index (χ1) is 11.6. The molecule has 0 fully saturated rings. The molecule has 1 aromatic carbocycles. The first-order valence-corrected chi connectivity index (χ1v) is 7.92. The van der Waals surface area contributed by atoms with E-state index in [0.717, 1.165) is 6.54 Å². The molecule has 0 spiro atoms. The van der Waals surface area contributed by atoms with Crippen LogP contribution < -0.4 is 10.1 Å². The second-order valence-corrected chi connectivity index (χ2v) is 5.22. The molecule has 0 radical (unpaired) electrons. The summed E-state index contributed by atoms with van der Waals surface area (Å²) in [6, 6.07) is 7.10. The quantitative estimate of drug-likeness (QED) is 0.419. The van der Waals surface area contributed by atoms with Gasteiger partial charge in [-0.05, 0) is 39.2 Å². The van der Waals surface area contributed by atoms with Crippen LogP contribution in [0.15, 0.2) is 29.3 Å². The topological polar surface area (TPSA) is 72.4 Å². The Morgan fingerprint density at radius 3 is 2.75 bits per heavy atom. The molecule has 1 N–H and O–H groups in total. The second kappa shape index (κ2) is 11.4. The zero-order chi connectivity index (χ0) is 17.8. The van der Waals surface area contributed by atoms with Gasteiger partial charge in [-0.3, -0.25) is 10.1 Å². The Labute approximate surface area is 143 Å². The van der Waals surface area contributed by atoms with E-state index in [1.165, 1.54) is 0 Å². The lowest BCUT2D eigenvalue weighted by atomic mass is 10.2. The SMILES string of the molecule is CCOCCOC(=NCCN(C)C)NC(=O)c1cccc(OC)c1. The van der Waals surface area contributed by atoms with Crippen molar-refractivity contribution >= 4 is 11.9 Å². The third-order valence-corrected chi connectivity index (χ3v) is 3.03. The molecular formula is C17H27N3O4. The van der Waals surface area contributed by atoms with E-state index in [2.05, 4.69) is 10.3 Å². The fraction of sp³-hybridized carbons (Fsp3) is 0.529. The van der Waals surface area contributed by atoms with Crippen molar-refractivity contribution in [2.45, 2.75) is 6.92 Å². The number of rotatable bonds is 9. The van der Waals surface area contributed by atoms with Crippen molar-refractivity contribution in [2.75, 3.05) is 54.1 Å². The van der Waals surface area contributed by atoms with Crippen molar-refractivity contribution in [1.29, 1.82) is 0 Å². The monoisotopic (exact) mass is 337 g/mol. The lowest BCUT2D eigenvalue weighted by molar-refractivity contribution is 0.0921. The van der Waals surface area contributed by atoms with E-state index in [9.17, 15) is 4.79 Å². The average Bonchev–Trinajstić information content (AvgIpc) is 2.58. The summed E-state index contributed by atoms with van der Waals surface area (Å²) < 4.78 is 15.9. The largest absolute Gasteiger partial charge is 0.497 e. The van der Waals surface area contributed by atoms with Crippen LogP contribution in [-0.2, 0) is 9.47 Å². The number of carbonyl (C=O) groups is 1. The van der Waals surface area contributed by atoms with Gasteiger partial charge in [0.15, 0.2) is 0 Å². The first kappa shape index (κ1) is 19.9. The maximum atomic E-state index is 12.3. The van der Waals surface area contributed by atoms with Gasteiger partial charge in [-0.25, -0.2) is 4.99 Å². The molecule has 0 saturated heterocycles. The molecular weight excluding hydrogens is 310 g/mol. The Bertz CT molecular complexity index is 532. The van der Waals surface area contributed by atoms with Crippen LogP contribution in [0.1, 0.15) is 17.3 Å². The number of amides is 1. The van der Waals surface area contributed by atoms with Gasteiger partial charge in [0.1, 0.15) is 12.4 Å². The molecule has 1 aromatic rings. The number of hydrogen-bond donors (Lipinski definition) is 1. The first-order valence-electron chi connectivity index (χ1n) is 7.92. The number of nitrogens with one attached hydrogen (secondary N) is 1. The molecule has 0 heterocycles. The minimum Gasteiger partial charge on any atom is -0.497 e. The molecule has 0 unspecified atom stereocenters. The molecule has 1 amide bonds. The molecule has 0 bridgehead atoms. The second-order valence-electron chi connectivity index (χ2n) is 5.22. The summed E-state index contributed by atoms with van der Waals surface area (Å²) in [5.74, 6) is 0.319. The highest BCUT2D eigenvalue weighted by Gasteiger charge is 2.11. The number of amidine groups is 1. The summed E-state index contributed by atoms with van der Waals surface area (Å²) in [5, 5.41) is 2.69. The minimum atomic E-state index is -0.297. The van der Waals surface area contributed by atoms with Crippen LogP contribution in [-0.4, -0.2) is 70.9 Å². The van der Waals surface area contributed by atoms with Crippen LogP contribution in [0.25, 0.3) is 0 Å². The lowest BCUT2D eigenvalue weighted by Crippen LogP contribution is -2.34. The van der Waals surface area contributed by atoms with Gasteiger partial charge in [-0.2, -0.15) is 0 Å². The van der Waals surface area contributed by atoms with E-state index >= 15 is 0 Å². The highest BCUT2D eigenvalue weighted by molar-refractivity contribution is 6.04. The van der Waals surface area contributed by atoms with Crippen molar-refractivity contribution in [3.05, 3.63) is 29.8 Å². The number of benzene rings is 1. The van der Waals surface area contributed by atoms with Crippen LogP contribution in [0.2, 0.25) is 0 Å². The number of nitrogens with zero attached hydrogens (tertiary/aromatic N) is 2. The Balaban J connectivity index is 2.68. The Morgan fingerprint density at radius 2 is 2.08 bits per heavy atom. The predicted octanol–water partition coefficient (Wildman–Crippen LogP) is 1.40. The third-order valence-electron chi connectivity index (χ3n) is 3.03. The summed E-state index contributed by atoms with van der Waals surface area (Å²) in [6.45, 7) is 4.58. The van der Waals surface area contributed by atoms with E-state index in [4.69, 9.17) is 14.2 Å². The van der Waals surface area contributed by atoms with Gasteiger partial charge in [-0.15, -0.1) is 0 Å². The van der Waals surface area contributed by atoms with E-state index in [0.29, 0.717) is 37.7 Å². The van der Waals surface area contributed by atoms with Crippen LogP contribution >= 0.6 is 0 Å². The molecule has 24 heavy (non-hydrogen) atoms. The number of methoxy groups -OCH3 is 1. The molecule has 0 aromatic heterocycles. The van der Waals surface area contributed by atoms with E-state index in [1.807, 2.05) is 25.9 Å². The molecule has 0 saturated carbocycles. The van der Waals surface area contributed by atoms with E-state index < -0.39 is 0 Å². The van der Waals surface area contributed by atoms with Crippen LogP contribution in [0.5, 0.6) is 5.75 Å². The normalized spacial score (nSPS) is 11.5. The summed E-state index contributed by atoms with van der Waals surface area (Å²) in [5.41, 5.74) is 0.475. The van der Waals surface area contributed by atoms with Gasteiger partial charge in [0, 0.05) is 18.7 Å². The maximum Gasteiger partial charge on any atom is 0.291 e. The molecule has 134 valence electrons. The van der Waals surface area contributed by atoms with E-state index in [-0.39, 0.29) is 11.9 Å². The number of carbonyl (C=O) groups excluding carboxylic acids is 1. The highest BCUT2D eigenvalue weighted by atomic mass is 16.5. The average molecular weight is 337 g/mol. The number of aliphatic imine (C=N–C) groups is 1. The van der Waals surface area contributed by atoms with Crippen LogP contribution in [0.4, 0.5) is 0 Å². The van der Waals surface area contributed by atoms with Crippen molar-refractivity contribution in [2.24, 2.45) is 4.99 Å². The van der Waals surface area contributed by atoms with Gasteiger partial charge in [0.25, 0.3) is 11.9 Å². The van der Waals surface area contributed by atoms with Crippen LogP contribution in [0, 0.1) is 0 Å². The van der Waals surface area contributed by atoms with Crippen molar-refractivity contribution in [1.82, 2.24) is 10.2 Å². The maximum absolute atomic E-state index is 12.3. The predicted molar refractivity (Wildman–Crippen MR) is 93.8 cm³/mol. The molecule has 0 aliphatic heterocycles. The fourth-order valence-electron chi connectivity index (χ4n) is 1.75. The number of likely N-dealkylation sites (N-methyl/N-ethyl adjacent to an activating group) is 1. The van der Waals surface area contributed by atoms with Gasteiger partial charge in [-0.1, -0.05) is 6.07 Å². The summed E-state index contributed by atoms with van der Waals surface area (Å²) in [7, 11) is 5.47. The fourth-order valence-corrected chi connectivity index (χ4v) is 1.75. The van der Waals surface area contributed by atoms with E-state index in [1.54, 1.807) is 31.4 Å². The van der Waals surface area contributed by atoms with Crippen molar-refractivity contribution < 1.29 is 19.0 Å². The molecule has 1 rings (SSSR count). The van der Waals surface area contributed by atoms with Gasteiger partial charge >= 0.3 is 0 Å². The summed E-state index contributed by atoms with van der Waals surface area (Å²) in [4.78, 5) is 18.6. The summed E-state index contributed by atoms with van der Waals surface area (Å²) >= 11 is 0. The molecule has 0 aliphatic carbocycles. The van der Waals surface area contributed by atoms with Crippen molar-refractivity contribution in [3.63, 3.8) is 0 Å². The lowest BCUT2D eigenvalue weighted by Gasteiger charge is -2.12.